The van der Waals surface area contributed by atoms with Gasteiger partial charge in [0.15, 0.2) is 11.0 Å². The largest absolute Gasteiger partial charge is 0.355 e. The van der Waals surface area contributed by atoms with Crippen LogP contribution in [0, 0.1) is 5.41 Å². The lowest BCUT2D eigenvalue weighted by molar-refractivity contribution is 0.279. The van der Waals surface area contributed by atoms with Gasteiger partial charge in [0, 0.05) is 23.9 Å². The van der Waals surface area contributed by atoms with Crippen LogP contribution < -0.4 is 4.90 Å². The van der Waals surface area contributed by atoms with E-state index in [9.17, 15) is 0 Å². The predicted molar refractivity (Wildman–Crippen MR) is 79.8 cm³/mol. The molecule has 0 amide bonds. The summed E-state index contributed by atoms with van der Waals surface area (Å²) in [5, 5.41) is 11.0. The van der Waals surface area contributed by atoms with Gasteiger partial charge in [0.1, 0.15) is 0 Å². The van der Waals surface area contributed by atoms with Gasteiger partial charge in [-0.3, -0.25) is 0 Å². The molecule has 0 aliphatic carbocycles. The zero-order chi connectivity index (χ0) is 13.5. The molecule has 0 N–H and O–H groups in total. The smallest absolute Gasteiger partial charge is 0.159 e. The zero-order valence-corrected chi connectivity index (χ0v) is 12.1. The molecule has 1 fully saturated rings. The summed E-state index contributed by atoms with van der Waals surface area (Å²) in [6, 6.07) is 8.09. The van der Waals surface area contributed by atoms with Crippen LogP contribution in [0.15, 0.2) is 24.3 Å². The fraction of sp³-hybridized carbons (Fsp3) is 0.467. The van der Waals surface area contributed by atoms with Gasteiger partial charge in [-0.2, -0.15) is 0 Å². The molecule has 0 saturated carbocycles. The summed E-state index contributed by atoms with van der Waals surface area (Å²) >= 11 is 6.12. The van der Waals surface area contributed by atoms with Crippen molar-refractivity contribution in [3.05, 3.63) is 29.4 Å². The quantitative estimate of drug-likeness (QED) is 0.790. The van der Waals surface area contributed by atoms with Gasteiger partial charge in [0.05, 0.1) is 0 Å². The summed E-state index contributed by atoms with van der Waals surface area (Å²) in [7, 11) is 0. The Morgan fingerprint density at radius 1 is 1.05 bits per heavy atom. The Kier molecular flexibility index (Phi) is 3.09. The number of fused-ring (bicyclic) bond motifs is 1. The van der Waals surface area contributed by atoms with Crippen molar-refractivity contribution in [3.63, 3.8) is 0 Å². The summed E-state index contributed by atoms with van der Waals surface area (Å²) in [6.07, 6.45) is 2.37. The van der Waals surface area contributed by atoms with E-state index in [1.807, 2.05) is 18.2 Å². The van der Waals surface area contributed by atoms with Gasteiger partial charge in [0.25, 0.3) is 0 Å². The lowest BCUT2D eigenvalue weighted by Crippen LogP contribution is -2.38. The van der Waals surface area contributed by atoms with Crippen molar-refractivity contribution in [2.45, 2.75) is 26.7 Å². The van der Waals surface area contributed by atoms with E-state index >= 15 is 0 Å². The van der Waals surface area contributed by atoms with E-state index < -0.39 is 0 Å². The summed E-state index contributed by atoms with van der Waals surface area (Å²) in [4.78, 5) is 2.33. The number of hydrogen-bond donors (Lipinski definition) is 0. The molecule has 19 heavy (non-hydrogen) atoms. The number of benzene rings is 1. The van der Waals surface area contributed by atoms with Crippen molar-refractivity contribution in [2.75, 3.05) is 18.0 Å². The first-order chi connectivity index (χ1) is 9.07. The number of anilines is 1. The van der Waals surface area contributed by atoms with Crippen LogP contribution in [0.5, 0.6) is 0 Å². The fourth-order valence-electron chi connectivity index (χ4n) is 2.61. The minimum Gasteiger partial charge on any atom is -0.355 e. The molecule has 0 unspecified atom stereocenters. The maximum atomic E-state index is 6.12. The molecule has 0 spiro atoms. The molecule has 3 rings (SSSR count). The van der Waals surface area contributed by atoms with Gasteiger partial charge >= 0.3 is 0 Å². The van der Waals surface area contributed by atoms with E-state index in [4.69, 9.17) is 11.6 Å². The van der Waals surface area contributed by atoms with Gasteiger partial charge in [-0.05, 0) is 18.3 Å². The van der Waals surface area contributed by atoms with E-state index in [0.29, 0.717) is 10.6 Å². The van der Waals surface area contributed by atoms with Crippen molar-refractivity contribution in [2.24, 2.45) is 5.41 Å². The third-order valence-corrected chi connectivity index (χ3v) is 4.32. The fourth-order valence-corrected chi connectivity index (χ4v) is 2.82. The van der Waals surface area contributed by atoms with Crippen molar-refractivity contribution < 1.29 is 0 Å². The molecule has 4 heteroatoms. The highest BCUT2D eigenvalue weighted by Crippen LogP contribution is 2.34. The number of hydrogen-bond acceptors (Lipinski definition) is 3. The monoisotopic (exact) mass is 275 g/mol. The maximum absolute atomic E-state index is 6.12. The standard InChI is InChI=1S/C15H18ClN3/c1-15(2)7-9-19(10-8-15)14-12-6-4-3-5-11(12)13(16)17-18-14/h3-6H,7-10H2,1-2H3. The highest BCUT2D eigenvalue weighted by Gasteiger charge is 2.27. The van der Waals surface area contributed by atoms with Crippen LogP contribution in [0.25, 0.3) is 10.8 Å². The first kappa shape index (κ1) is 12.7. The SMILES string of the molecule is CC1(C)CCN(c2nnc(Cl)c3ccccc23)CC1. The Hall–Kier alpha value is -1.35. The zero-order valence-electron chi connectivity index (χ0n) is 11.4. The summed E-state index contributed by atoms with van der Waals surface area (Å²) < 4.78 is 0. The molecule has 0 atom stereocenters. The molecule has 0 radical (unpaired) electrons. The molecular formula is C15H18ClN3. The Labute approximate surface area is 118 Å². The van der Waals surface area contributed by atoms with Crippen LogP contribution in [0.2, 0.25) is 5.15 Å². The number of rotatable bonds is 1. The Morgan fingerprint density at radius 2 is 1.68 bits per heavy atom. The van der Waals surface area contributed by atoms with Gasteiger partial charge in [0.2, 0.25) is 0 Å². The van der Waals surface area contributed by atoms with Gasteiger partial charge in [-0.25, -0.2) is 0 Å². The number of piperidine rings is 1. The molecule has 1 aliphatic rings. The molecule has 0 bridgehead atoms. The van der Waals surface area contributed by atoms with E-state index in [0.717, 1.165) is 29.7 Å². The molecule has 3 nitrogen and oxygen atoms in total. The second-order valence-corrected chi connectivity index (χ2v) is 6.37. The molecule has 1 aromatic heterocycles. The molecule has 1 aromatic carbocycles. The van der Waals surface area contributed by atoms with Crippen molar-refractivity contribution in [1.82, 2.24) is 10.2 Å². The second-order valence-electron chi connectivity index (χ2n) is 6.01. The second kappa shape index (κ2) is 4.64. The summed E-state index contributed by atoms with van der Waals surface area (Å²) in [5.74, 6) is 0.968. The Balaban J connectivity index is 2.00. The molecule has 1 saturated heterocycles. The lowest BCUT2D eigenvalue weighted by atomic mass is 9.82. The first-order valence-corrected chi connectivity index (χ1v) is 7.10. The van der Waals surface area contributed by atoms with E-state index in [1.54, 1.807) is 0 Å². The number of nitrogens with zero attached hydrogens (tertiary/aromatic N) is 3. The third-order valence-electron chi connectivity index (χ3n) is 4.04. The third kappa shape index (κ3) is 2.39. The molecule has 2 heterocycles. The van der Waals surface area contributed by atoms with Crippen molar-refractivity contribution in [3.8, 4) is 0 Å². The highest BCUT2D eigenvalue weighted by atomic mass is 35.5. The average molecular weight is 276 g/mol. The molecular weight excluding hydrogens is 258 g/mol. The summed E-state index contributed by atoms with van der Waals surface area (Å²) in [6.45, 7) is 6.73. The Bertz CT molecular complexity index is 599. The number of aromatic nitrogens is 2. The average Bonchev–Trinajstić information content (AvgIpc) is 2.40. The highest BCUT2D eigenvalue weighted by molar-refractivity contribution is 6.34. The van der Waals surface area contributed by atoms with Crippen LogP contribution in [-0.2, 0) is 0 Å². The van der Waals surface area contributed by atoms with Crippen LogP contribution in [0.4, 0.5) is 5.82 Å². The minimum atomic E-state index is 0.437. The predicted octanol–water partition coefficient (Wildman–Crippen LogP) is 3.91. The van der Waals surface area contributed by atoms with E-state index in [1.165, 1.54) is 12.8 Å². The van der Waals surface area contributed by atoms with E-state index in [2.05, 4.69) is 35.0 Å². The van der Waals surface area contributed by atoms with Crippen molar-refractivity contribution >= 4 is 28.2 Å². The Morgan fingerprint density at radius 3 is 2.37 bits per heavy atom. The maximum Gasteiger partial charge on any atom is 0.159 e. The lowest BCUT2D eigenvalue weighted by Gasteiger charge is -2.37. The van der Waals surface area contributed by atoms with Crippen LogP contribution in [0.1, 0.15) is 26.7 Å². The molecule has 1 aliphatic heterocycles. The topological polar surface area (TPSA) is 29.0 Å². The number of halogens is 1. The minimum absolute atomic E-state index is 0.437. The normalized spacial score (nSPS) is 18.8. The van der Waals surface area contributed by atoms with Crippen LogP contribution in [-0.4, -0.2) is 23.3 Å². The van der Waals surface area contributed by atoms with E-state index in [-0.39, 0.29) is 0 Å². The molecule has 2 aromatic rings. The summed E-state index contributed by atoms with van der Waals surface area (Å²) in [5.41, 5.74) is 0.437. The van der Waals surface area contributed by atoms with Crippen molar-refractivity contribution in [1.29, 1.82) is 0 Å². The van der Waals surface area contributed by atoms with Crippen LogP contribution in [0.3, 0.4) is 0 Å². The van der Waals surface area contributed by atoms with Gasteiger partial charge in [-0.15, -0.1) is 10.2 Å². The molecule has 100 valence electrons. The van der Waals surface area contributed by atoms with Crippen LogP contribution >= 0.6 is 11.6 Å². The van der Waals surface area contributed by atoms with Gasteiger partial charge in [-0.1, -0.05) is 49.7 Å². The first-order valence-electron chi connectivity index (χ1n) is 6.73. The van der Waals surface area contributed by atoms with Gasteiger partial charge < -0.3 is 4.90 Å².